The minimum Gasteiger partial charge on any atom is -0.371 e. The van der Waals surface area contributed by atoms with Crippen molar-refractivity contribution in [3.8, 4) is 10.4 Å². The van der Waals surface area contributed by atoms with Gasteiger partial charge in [-0.25, -0.2) is 9.97 Å². The Balaban J connectivity index is 0.941. The van der Waals surface area contributed by atoms with E-state index in [2.05, 4.69) is 58.5 Å². The molecular formula is C45H63N7O5S. The quantitative estimate of drug-likeness (QED) is 0.173. The number of hydrogen-bond acceptors (Lipinski definition) is 9. The number of nitrogens with zero attached hydrogens (tertiary/aromatic N) is 4. The van der Waals surface area contributed by atoms with Crippen LogP contribution in [0, 0.1) is 29.1 Å². The molecule has 13 heteroatoms. The minimum atomic E-state index is -0.817. The molecule has 1 saturated carbocycles. The molecule has 12 nitrogen and oxygen atoms in total. The second-order valence-electron chi connectivity index (χ2n) is 19.1. The molecule has 1 unspecified atom stereocenters. The monoisotopic (exact) mass is 813 g/mol. The lowest BCUT2D eigenvalue weighted by atomic mass is 9.52. The first-order valence-corrected chi connectivity index (χ1v) is 21.7. The maximum absolute atomic E-state index is 14.1. The van der Waals surface area contributed by atoms with E-state index in [1.807, 2.05) is 76.5 Å². The third-order valence-electron chi connectivity index (χ3n) is 12.3. The Morgan fingerprint density at radius 2 is 1.62 bits per heavy atom. The Morgan fingerprint density at radius 1 is 0.931 bits per heavy atom. The molecule has 4 heterocycles. The van der Waals surface area contributed by atoms with Gasteiger partial charge in [0.2, 0.25) is 17.7 Å². The van der Waals surface area contributed by atoms with Crippen molar-refractivity contribution in [1.82, 2.24) is 30.8 Å². The Morgan fingerprint density at radius 3 is 2.21 bits per heavy atom. The lowest BCUT2D eigenvalue weighted by molar-refractivity contribution is -0.144. The lowest BCUT2D eigenvalue weighted by Gasteiger charge is -2.57. The number of likely N-dealkylation sites (tertiary alicyclic amines) is 1. The Labute approximate surface area is 348 Å². The average Bonchev–Trinajstić information content (AvgIpc) is 3.85. The van der Waals surface area contributed by atoms with E-state index in [4.69, 9.17) is 4.74 Å². The molecule has 2 aromatic heterocycles. The number of rotatable bonds is 13. The van der Waals surface area contributed by atoms with Crippen molar-refractivity contribution < 1.29 is 23.9 Å². The molecule has 314 valence electrons. The summed E-state index contributed by atoms with van der Waals surface area (Å²) in [5.74, 6) is 0.248. The molecule has 2 saturated heterocycles. The highest BCUT2D eigenvalue weighted by molar-refractivity contribution is 7.13. The van der Waals surface area contributed by atoms with Crippen LogP contribution in [0.5, 0.6) is 0 Å². The summed E-state index contributed by atoms with van der Waals surface area (Å²) in [5.41, 5.74) is 5.03. The molecule has 2 aliphatic heterocycles. The lowest BCUT2D eigenvalue weighted by Crippen LogP contribution is -2.63. The maximum Gasteiger partial charge on any atom is 0.253 e. The highest BCUT2D eigenvalue weighted by Gasteiger charge is 2.53. The maximum atomic E-state index is 14.1. The van der Waals surface area contributed by atoms with Gasteiger partial charge in [-0.3, -0.25) is 19.2 Å². The largest absolute Gasteiger partial charge is 0.371 e. The van der Waals surface area contributed by atoms with Crippen molar-refractivity contribution in [2.75, 3.05) is 37.7 Å². The summed E-state index contributed by atoms with van der Waals surface area (Å²) >= 11 is 1.60. The summed E-state index contributed by atoms with van der Waals surface area (Å²) in [5, 5.41) is 9.31. The van der Waals surface area contributed by atoms with Gasteiger partial charge in [-0.05, 0) is 91.4 Å². The third kappa shape index (κ3) is 9.90. The van der Waals surface area contributed by atoms with E-state index in [-0.39, 0.29) is 59.1 Å². The minimum absolute atomic E-state index is 0.0773. The summed E-state index contributed by atoms with van der Waals surface area (Å²) in [6, 6.07) is 10.4. The first-order valence-electron chi connectivity index (χ1n) is 20.8. The summed E-state index contributed by atoms with van der Waals surface area (Å²) in [4.78, 5) is 67.8. The number of nitrogens with one attached hydrogen (secondary N) is 3. The third-order valence-corrected chi connectivity index (χ3v) is 13.3. The number of ether oxygens (including phenoxy) is 1. The first kappa shape index (κ1) is 43.2. The zero-order valence-corrected chi connectivity index (χ0v) is 36.6. The summed E-state index contributed by atoms with van der Waals surface area (Å²) in [6.45, 7) is 20.8. The van der Waals surface area contributed by atoms with Crippen LogP contribution in [0.4, 0.5) is 5.82 Å². The Hall–Kier alpha value is -4.36. The van der Waals surface area contributed by atoms with Crippen LogP contribution < -0.4 is 20.9 Å². The molecule has 6 rings (SSSR count). The van der Waals surface area contributed by atoms with Crippen LogP contribution >= 0.6 is 11.3 Å². The smallest absolute Gasteiger partial charge is 0.253 e. The molecule has 58 heavy (non-hydrogen) atoms. The highest BCUT2D eigenvalue weighted by Crippen LogP contribution is 2.53. The zero-order chi connectivity index (χ0) is 42.0. The van der Waals surface area contributed by atoms with Gasteiger partial charge in [0.05, 0.1) is 34.3 Å². The van der Waals surface area contributed by atoms with Crippen LogP contribution in [-0.2, 0) is 19.1 Å². The predicted molar refractivity (Wildman–Crippen MR) is 228 cm³/mol. The van der Waals surface area contributed by atoms with Gasteiger partial charge >= 0.3 is 0 Å². The van der Waals surface area contributed by atoms with E-state index in [1.54, 1.807) is 22.4 Å². The summed E-state index contributed by atoms with van der Waals surface area (Å²) < 4.78 is 5.91. The normalized spacial score (nSPS) is 20.5. The van der Waals surface area contributed by atoms with Crippen LogP contribution in [0.15, 0.2) is 48.1 Å². The van der Waals surface area contributed by atoms with E-state index in [1.165, 1.54) is 0 Å². The second kappa shape index (κ2) is 17.5. The molecule has 3 aromatic rings. The van der Waals surface area contributed by atoms with Gasteiger partial charge in [0, 0.05) is 31.9 Å². The molecule has 4 amide bonds. The van der Waals surface area contributed by atoms with Gasteiger partial charge < -0.3 is 30.5 Å². The fraction of sp³-hybridized carbons (Fsp3) is 0.600. The Bertz CT molecular complexity index is 1910. The van der Waals surface area contributed by atoms with Crippen LogP contribution in [0.1, 0.15) is 115 Å². The van der Waals surface area contributed by atoms with Crippen molar-refractivity contribution in [3.63, 3.8) is 0 Å². The number of hydrogen-bond donors (Lipinski definition) is 3. The molecule has 1 aromatic carbocycles. The number of carbonyl (C=O) groups is 4. The van der Waals surface area contributed by atoms with E-state index in [9.17, 15) is 19.2 Å². The number of pyridine rings is 1. The molecule has 3 atom stereocenters. The van der Waals surface area contributed by atoms with Gasteiger partial charge in [0.25, 0.3) is 5.91 Å². The highest BCUT2D eigenvalue weighted by atomic mass is 32.1. The fourth-order valence-corrected chi connectivity index (χ4v) is 10.3. The number of amides is 4. The number of carbonyl (C=O) groups excluding carboxylic acids is 4. The van der Waals surface area contributed by atoms with Crippen molar-refractivity contribution in [2.45, 2.75) is 119 Å². The standard InChI is InChI=1S/C45H63N7O5S/c1-28(31-12-14-32(15-13-31)37-29(2)47-27-58-37)48-40(55)34-11-10-20-52(34)41(56)38(43(3,4)5)49-36(53)25-57-24-30-18-21-51(22-19-30)35-17-16-33(23-46-35)39(54)50-42-44(6,7)26-45(42,8)9/h12-17,23,27-28,30,34,38,42H,10-11,18-22,24-26H2,1-9H3,(H,48,55)(H,49,53)(H,50,54)/t28-,34-,38?/m0/s1. The van der Waals surface area contributed by atoms with Crippen LogP contribution in [0.3, 0.4) is 0 Å². The number of piperidine rings is 1. The zero-order valence-electron chi connectivity index (χ0n) is 35.8. The number of benzene rings is 1. The molecular weight excluding hydrogens is 751 g/mol. The molecule has 0 radical (unpaired) electrons. The SMILES string of the molecule is Cc1ncsc1-c1ccc([C@H](C)NC(=O)[C@@H]2CCCN2C(=O)C(NC(=O)COCC2CCN(c3ccc(C(=O)NC4C(C)(C)CC4(C)C)cn3)CC2)C(C)(C)C)cc1. The molecule has 0 bridgehead atoms. The van der Waals surface area contributed by atoms with Crippen molar-refractivity contribution >= 4 is 40.8 Å². The van der Waals surface area contributed by atoms with Gasteiger partial charge in [0.1, 0.15) is 24.5 Å². The van der Waals surface area contributed by atoms with Crippen molar-refractivity contribution in [1.29, 1.82) is 0 Å². The average molecular weight is 814 g/mol. The summed E-state index contributed by atoms with van der Waals surface area (Å²) in [6.07, 6.45) is 5.79. The van der Waals surface area contributed by atoms with Gasteiger partial charge in [-0.2, -0.15) is 0 Å². The topological polar surface area (TPSA) is 146 Å². The number of anilines is 1. The predicted octanol–water partition coefficient (Wildman–Crippen LogP) is 6.70. The number of thiazole rings is 1. The molecule has 3 N–H and O–H groups in total. The summed E-state index contributed by atoms with van der Waals surface area (Å²) in [7, 11) is 0. The molecule has 1 aliphatic carbocycles. The van der Waals surface area contributed by atoms with E-state index < -0.39 is 17.5 Å². The number of aromatic nitrogens is 2. The van der Waals surface area contributed by atoms with E-state index in [0.29, 0.717) is 31.6 Å². The molecule has 3 aliphatic rings. The van der Waals surface area contributed by atoms with E-state index in [0.717, 1.165) is 59.9 Å². The van der Waals surface area contributed by atoms with Gasteiger partial charge in [-0.15, -0.1) is 11.3 Å². The van der Waals surface area contributed by atoms with E-state index >= 15 is 0 Å². The van der Waals surface area contributed by atoms with Gasteiger partial charge in [0.15, 0.2) is 0 Å². The van der Waals surface area contributed by atoms with Gasteiger partial charge in [-0.1, -0.05) is 72.7 Å². The van der Waals surface area contributed by atoms with Crippen molar-refractivity contribution in [2.24, 2.45) is 22.2 Å². The second-order valence-corrected chi connectivity index (χ2v) is 19.9. The molecule has 0 spiro atoms. The van der Waals surface area contributed by atoms with Crippen LogP contribution in [-0.4, -0.2) is 89.5 Å². The molecule has 3 fully saturated rings. The Kier molecular flexibility index (Phi) is 13.0. The van der Waals surface area contributed by atoms with Crippen LogP contribution in [0.2, 0.25) is 0 Å². The number of aryl methyl sites for hydroxylation is 1. The first-order chi connectivity index (χ1) is 27.3. The fourth-order valence-electron chi connectivity index (χ4n) is 9.48. The van der Waals surface area contributed by atoms with Crippen LogP contribution in [0.25, 0.3) is 10.4 Å². The van der Waals surface area contributed by atoms with Crippen molar-refractivity contribution in [3.05, 3.63) is 64.9 Å².